The Hall–Kier alpha value is -1.09. The van der Waals surface area contributed by atoms with Crippen molar-refractivity contribution in [1.82, 2.24) is 9.55 Å². The Morgan fingerprint density at radius 3 is 2.88 bits per heavy atom. The van der Waals surface area contributed by atoms with Gasteiger partial charge in [0, 0.05) is 6.54 Å². The first-order valence-corrected chi connectivity index (χ1v) is 6.22. The molecule has 0 aliphatic heterocycles. The number of H-pyrrole nitrogens is 1. The number of hydrogen-bond acceptors (Lipinski definition) is 1. The van der Waals surface area contributed by atoms with Gasteiger partial charge < -0.3 is 9.55 Å². The Morgan fingerprint density at radius 1 is 1.44 bits per heavy atom. The number of imidazole rings is 1. The standard InChI is InChI=1S/C13H18N2S/c1-4-9(2)8-15-11-7-5-6-10(3)12(11)14-13(15)16/h5-7,9H,4,8H2,1-3H3,(H,14,16). The molecule has 2 nitrogen and oxygen atoms in total. The largest absolute Gasteiger partial charge is 0.330 e. The van der Waals surface area contributed by atoms with E-state index in [0.29, 0.717) is 5.92 Å². The predicted octanol–water partition coefficient (Wildman–Crippen LogP) is 4.05. The van der Waals surface area contributed by atoms with Crippen LogP contribution >= 0.6 is 12.2 Å². The zero-order chi connectivity index (χ0) is 11.7. The summed E-state index contributed by atoms with van der Waals surface area (Å²) in [5, 5.41) is 0. The third kappa shape index (κ3) is 1.92. The van der Waals surface area contributed by atoms with E-state index in [1.54, 1.807) is 0 Å². The van der Waals surface area contributed by atoms with Crippen LogP contribution in [-0.2, 0) is 6.54 Å². The van der Waals surface area contributed by atoms with Crippen LogP contribution in [-0.4, -0.2) is 9.55 Å². The Morgan fingerprint density at radius 2 is 2.19 bits per heavy atom. The van der Waals surface area contributed by atoms with E-state index in [1.807, 2.05) is 0 Å². The number of rotatable bonds is 3. The summed E-state index contributed by atoms with van der Waals surface area (Å²) >= 11 is 5.39. The number of nitrogens with zero attached hydrogens (tertiary/aromatic N) is 1. The maximum absolute atomic E-state index is 5.39. The zero-order valence-electron chi connectivity index (χ0n) is 10.1. The summed E-state index contributed by atoms with van der Waals surface area (Å²) in [6.07, 6.45) is 1.18. The molecule has 1 aromatic carbocycles. The van der Waals surface area contributed by atoms with E-state index < -0.39 is 0 Å². The molecular weight excluding hydrogens is 216 g/mol. The van der Waals surface area contributed by atoms with Crippen molar-refractivity contribution in [1.29, 1.82) is 0 Å². The van der Waals surface area contributed by atoms with Crippen molar-refractivity contribution in [2.75, 3.05) is 0 Å². The molecule has 1 unspecified atom stereocenters. The average molecular weight is 234 g/mol. The molecule has 2 aromatic rings. The summed E-state index contributed by atoms with van der Waals surface area (Å²) in [5.74, 6) is 0.659. The van der Waals surface area contributed by atoms with Gasteiger partial charge in [0.1, 0.15) is 0 Å². The van der Waals surface area contributed by atoms with Gasteiger partial charge in [-0.05, 0) is 36.7 Å². The van der Waals surface area contributed by atoms with Gasteiger partial charge in [0.25, 0.3) is 0 Å². The van der Waals surface area contributed by atoms with E-state index in [-0.39, 0.29) is 0 Å². The first-order valence-electron chi connectivity index (χ1n) is 5.81. The molecule has 2 rings (SSSR count). The highest BCUT2D eigenvalue weighted by molar-refractivity contribution is 7.71. The second-order valence-electron chi connectivity index (χ2n) is 4.52. The molecule has 0 saturated carbocycles. The molecule has 0 saturated heterocycles. The molecule has 1 heterocycles. The second-order valence-corrected chi connectivity index (χ2v) is 4.91. The third-order valence-electron chi connectivity index (χ3n) is 3.21. The van der Waals surface area contributed by atoms with Gasteiger partial charge in [-0.25, -0.2) is 0 Å². The summed E-state index contributed by atoms with van der Waals surface area (Å²) in [4.78, 5) is 3.30. The highest BCUT2D eigenvalue weighted by Crippen LogP contribution is 2.19. The fourth-order valence-corrected chi connectivity index (χ4v) is 2.22. The van der Waals surface area contributed by atoms with E-state index in [0.717, 1.165) is 11.3 Å². The molecule has 86 valence electrons. The highest BCUT2D eigenvalue weighted by Gasteiger charge is 2.08. The van der Waals surface area contributed by atoms with Crippen molar-refractivity contribution >= 4 is 23.3 Å². The number of para-hydroxylation sites is 1. The smallest absolute Gasteiger partial charge is 0.178 e. The van der Waals surface area contributed by atoms with Crippen molar-refractivity contribution < 1.29 is 0 Å². The van der Waals surface area contributed by atoms with Crippen molar-refractivity contribution in [3.63, 3.8) is 0 Å². The lowest BCUT2D eigenvalue weighted by Gasteiger charge is -2.10. The number of aryl methyl sites for hydroxylation is 1. The first kappa shape index (κ1) is 11.4. The lowest BCUT2D eigenvalue weighted by atomic mass is 10.1. The molecule has 0 spiro atoms. The lowest BCUT2D eigenvalue weighted by molar-refractivity contribution is 0.473. The van der Waals surface area contributed by atoms with Gasteiger partial charge in [0.05, 0.1) is 11.0 Å². The number of benzene rings is 1. The Labute approximate surface area is 101 Å². The molecule has 0 radical (unpaired) electrons. The number of fused-ring (bicyclic) bond motifs is 1. The summed E-state index contributed by atoms with van der Waals surface area (Å²) in [7, 11) is 0. The normalized spacial score (nSPS) is 13.2. The fourth-order valence-electron chi connectivity index (χ4n) is 1.95. The molecule has 16 heavy (non-hydrogen) atoms. The summed E-state index contributed by atoms with van der Waals surface area (Å²) < 4.78 is 3.05. The number of nitrogens with one attached hydrogen (secondary N) is 1. The minimum atomic E-state index is 0.659. The van der Waals surface area contributed by atoms with Crippen molar-refractivity contribution in [2.24, 2.45) is 5.92 Å². The summed E-state index contributed by atoms with van der Waals surface area (Å²) in [6.45, 7) is 7.59. The maximum Gasteiger partial charge on any atom is 0.178 e. The van der Waals surface area contributed by atoms with Gasteiger partial charge in [-0.15, -0.1) is 0 Å². The molecule has 1 atom stereocenters. The molecule has 0 bridgehead atoms. The average Bonchev–Trinajstić information content (AvgIpc) is 2.58. The Bertz CT molecular complexity index is 551. The molecular formula is C13H18N2S. The number of aromatic nitrogens is 2. The van der Waals surface area contributed by atoms with E-state index in [2.05, 4.69) is 48.5 Å². The highest BCUT2D eigenvalue weighted by atomic mass is 32.1. The third-order valence-corrected chi connectivity index (χ3v) is 3.53. The topological polar surface area (TPSA) is 20.7 Å². The molecule has 0 fully saturated rings. The van der Waals surface area contributed by atoms with Crippen molar-refractivity contribution in [3.8, 4) is 0 Å². The van der Waals surface area contributed by atoms with Crippen LogP contribution in [0.1, 0.15) is 25.8 Å². The summed E-state index contributed by atoms with van der Waals surface area (Å²) in [5.41, 5.74) is 3.66. The van der Waals surface area contributed by atoms with E-state index in [9.17, 15) is 0 Å². The number of aromatic amines is 1. The van der Waals surface area contributed by atoms with Crippen LogP contribution in [0.5, 0.6) is 0 Å². The van der Waals surface area contributed by atoms with E-state index >= 15 is 0 Å². The van der Waals surface area contributed by atoms with Crippen LogP contribution in [0.4, 0.5) is 0 Å². The Balaban J connectivity index is 2.57. The monoisotopic (exact) mass is 234 g/mol. The van der Waals surface area contributed by atoms with Crippen LogP contribution in [0.15, 0.2) is 18.2 Å². The molecule has 0 amide bonds. The van der Waals surface area contributed by atoms with Crippen LogP contribution in [0.2, 0.25) is 0 Å². The van der Waals surface area contributed by atoms with Crippen LogP contribution < -0.4 is 0 Å². The quantitative estimate of drug-likeness (QED) is 0.794. The van der Waals surface area contributed by atoms with Gasteiger partial charge in [-0.2, -0.15) is 0 Å². The fraction of sp³-hybridized carbons (Fsp3) is 0.462. The molecule has 0 aliphatic carbocycles. The van der Waals surface area contributed by atoms with Gasteiger partial charge in [-0.3, -0.25) is 0 Å². The van der Waals surface area contributed by atoms with Gasteiger partial charge >= 0.3 is 0 Å². The van der Waals surface area contributed by atoms with Crippen molar-refractivity contribution in [2.45, 2.75) is 33.7 Å². The maximum atomic E-state index is 5.39. The van der Waals surface area contributed by atoms with Gasteiger partial charge in [0.15, 0.2) is 4.77 Å². The molecule has 3 heteroatoms. The van der Waals surface area contributed by atoms with Crippen LogP contribution in [0.3, 0.4) is 0 Å². The summed E-state index contributed by atoms with van der Waals surface area (Å²) in [6, 6.07) is 6.34. The molecule has 1 aromatic heterocycles. The molecule has 0 aliphatic rings. The van der Waals surface area contributed by atoms with Crippen molar-refractivity contribution in [3.05, 3.63) is 28.5 Å². The zero-order valence-corrected chi connectivity index (χ0v) is 10.9. The Kier molecular flexibility index (Phi) is 3.15. The van der Waals surface area contributed by atoms with Crippen LogP contribution in [0, 0.1) is 17.6 Å². The minimum Gasteiger partial charge on any atom is -0.330 e. The minimum absolute atomic E-state index is 0.659. The number of hydrogen-bond donors (Lipinski definition) is 1. The van der Waals surface area contributed by atoms with Gasteiger partial charge in [0.2, 0.25) is 0 Å². The first-order chi connectivity index (χ1) is 7.63. The van der Waals surface area contributed by atoms with E-state index in [1.165, 1.54) is 23.0 Å². The van der Waals surface area contributed by atoms with Crippen LogP contribution in [0.25, 0.3) is 11.0 Å². The van der Waals surface area contributed by atoms with Gasteiger partial charge in [-0.1, -0.05) is 32.4 Å². The lowest BCUT2D eigenvalue weighted by Crippen LogP contribution is -2.06. The molecule has 1 N–H and O–H groups in total. The second kappa shape index (κ2) is 4.42. The SMILES string of the molecule is CCC(C)Cn1c(=S)[nH]c2c(C)cccc21. The van der Waals surface area contributed by atoms with E-state index in [4.69, 9.17) is 12.2 Å². The predicted molar refractivity (Wildman–Crippen MR) is 71.3 cm³/mol.